The molecule has 1 nitrogen and oxygen atoms in total. The minimum atomic E-state index is 0.789. The van der Waals surface area contributed by atoms with Crippen LogP contribution in [0.1, 0.15) is 29.2 Å². The maximum Gasteiger partial charge on any atom is 0.0396 e. The first-order chi connectivity index (χ1) is 18.2. The van der Waals surface area contributed by atoms with Gasteiger partial charge in [-0.25, -0.2) is 0 Å². The van der Waals surface area contributed by atoms with E-state index < -0.39 is 0 Å². The van der Waals surface area contributed by atoms with Crippen LogP contribution < -0.4 is 15.5 Å². The van der Waals surface area contributed by atoms with Crippen molar-refractivity contribution >= 4 is 39.3 Å². The molecule has 0 saturated carbocycles. The van der Waals surface area contributed by atoms with Crippen molar-refractivity contribution in [2.45, 2.75) is 19.8 Å². The van der Waals surface area contributed by atoms with Gasteiger partial charge in [0, 0.05) is 20.3 Å². The van der Waals surface area contributed by atoms with Crippen molar-refractivity contribution in [3.05, 3.63) is 148 Å². The highest BCUT2D eigenvalue weighted by Gasteiger charge is 2.14. The molecule has 0 aliphatic heterocycles. The monoisotopic (exact) mass is 497 g/mol. The van der Waals surface area contributed by atoms with E-state index in [1.807, 2.05) is 47.7 Å². The second-order valence-corrected chi connectivity index (χ2v) is 10.2. The number of benzene rings is 4. The molecule has 4 aromatic carbocycles. The van der Waals surface area contributed by atoms with Crippen LogP contribution in [0.3, 0.4) is 0 Å². The molecule has 1 aromatic heterocycles. The smallest absolute Gasteiger partial charge is 0.0396 e. The molecule has 2 heteroatoms. The number of hydrogen-bond acceptors (Lipinski definition) is 2. The molecule has 37 heavy (non-hydrogen) atoms. The van der Waals surface area contributed by atoms with Crippen LogP contribution in [0.4, 0.5) is 0 Å². The minimum absolute atomic E-state index is 0.789. The van der Waals surface area contributed by atoms with E-state index in [9.17, 15) is 0 Å². The molecule has 0 unspecified atom stereocenters. The van der Waals surface area contributed by atoms with Crippen molar-refractivity contribution in [1.82, 2.24) is 0 Å². The van der Waals surface area contributed by atoms with Crippen LogP contribution in [-0.2, 0) is 12.8 Å². The number of nitrogens with two attached hydrogens (primary N) is 1. The Hall–Kier alpha value is -4.14. The van der Waals surface area contributed by atoms with Gasteiger partial charge in [0.1, 0.15) is 0 Å². The van der Waals surface area contributed by atoms with Gasteiger partial charge in [0.25, 0.3) is 0 Å². The third-order valence-corrected chi connectivity index (χ3v) is 8.05. The third kappa shape index (κ3) is 5.35. The number of thiophene rings is 1. The Labute approximate surface area is 223 Å². The summed E-state index contributed by atoms with van der Waals surface area (Å²) in [5.41, 5.74) is 14.7. The van der Waals surface area contributed by atoms with E-state index in [4.69, 9.17) is 5.73 Å². The molecule has 0 radical (unpaired) electrons. The summed E-state index contributed by atoms with van der Waals surface area (Å²) in [5, 5.41) is 2.55. The number of hydrogen-bond donors (Lipinski definition) is 1. The quantitative estimate of drug-likeness (QED) is 0.248. The average Bonchev–Trinajstić information content (AvgIpc) is 3.31. The lowest BCUT2D eigenvalue weighted by Crippen LogP contribution is -2.17. The molecule has 0 fully saturated rings. The van der Waals surface area contributed by atoms with Crippen LogP contribution in [-0.4, -0.2) is 0 Å². The Morgan fingerprint density at radius 1 is 0.865 bits per heavy atom. The summed E-state index contributed by atoms with van der Waals surface area (Å²) in [7, 11) is 0. The van der Waals surface area contributed by atoms with E-state index in [0.29, 0.717) is 0 Å². The fraction of sp³-hybridized carbons (Fsp3) is 0.0857. The molecule has 0 atom stereocenters. The van der Waals surface area contributed by atoms with E-state index in [1.54, 1.807) is 0 Å². The van der Waals surface area contributed by atoms with E-state index in [2.05, 4.69) is 98.5 Å². The van der Waals surface area contributed by atoms with E-state index in [0.717, 1.165) is 24.1 Å². The van der Waals surface area contributed by atoms with Crippen molar-refractivity contribution in [1.29, 1.82) is 0 Å². The summed E-state index contributed by atoms with van der Waals surface area (Å²) in [5.74, 6) is 0. The van der Waals surface area contributed by atoms with Gasteiger partial charge in [-0.05, 0) is 58.4 Å². The molecule has 0 amide bonds. The molecule has 5 aromatic rings. The molecular formula is C35H31NS. The molecule has 182 valence electrons. The minimum Gasteiger partial charge on any atom is -0.398 e. The van der Waals surface area contributed by atoms with Gasteiger partial charge in [-0.15, -0.1) is 11.3 Å². The zero-order chi connectivity index (χ0) is 25.6. The number of fused-ring (bicyclic) bond motifs is 1. The average molecular weight is 498 g/mol. The zero-order valence-electron chi connectivity index (χ0n) is 21.2. The van der Waals surface area contributed by atoms with Crippen LogP contribution in [0.15, 0.2) is 116 Å². The fourth-order valence-electron chi connectivity index (χ4n) is 4.85. The van der Waals surface area contributed by atoms with Gasteiger partial charge in [-0.1, -0.05) is 128 Å². The molecule has 0 bridgehead atoms. The predicted octanol–water partition coefficient (Wildman–Crippen LogP) is 7.47. The molecule has 0 aliphatic rings. The molecule has 2 N–H and O–H groups in total. The van der Waals surface area contributed by atoms with Crippen LogP contribution in [0.2, 0.25) is 0 Å². The SMILES string of the molecule is C=C/C=c1\c(=C/C)sc2c(Cc3ccccc3)c(-c3cccc(C/C=C(\N)c4ccccc4)c3)ccc12. The molecular weight excluding hydrogens is 466 g/mol. The van der Waals surface area contributed by atoms with Crippen molar-refractivity contribution < 1.29 is 0 Å². The Morgan fingerprint density at radius 2 is 1.59 bits per heavy atom. The van der Waals surface area contributed by atoms with Crippen LogP contribution >= 0.6 is 11.3 Å². The summed E-state index contributed by atoms with van der Waals surface area (Å²) in [6, 6.07) is 34.3. The first-order valence-electron chi connectivity index (χ1n) is 12.7. The molecule has 0 aliphatic carbocycles. The lowest BCUT2D eigenvalue weighted by Gasteiger charge is -2.13. The van der Waals surface area contributed by atoms with Crippen molar-refractivity contribution in [3.8, 4) is 11.1 Å². The predicted molar refractivity (Wildman–Crippen MR) is 163 cm³/mol. The maximum absolute atomic E-state index is 6.37. The lowest BCUT2D eigenvalue weighted by atomic mass is 9.92. The van der Waals surface area contributed by atoms with Gasteiger partial charge in [0.05, 0.1) is 0 Å². The third-order valence-electron chi connectivity index (χ3n) is 6.70. The van der Waals surface area contributed by atoms with Crippen LogP contribution in [0, 0.1) is 0 Å². The Balaban J connectivity index is 1.61. The second kappa shape index (κ2) is 11.3. The van der Waals surface area contributed by atoms with Crippen molar-refractivity contribution in [2.75, 3.05) is 0 Å². The Kier molecular flexibility index (Phi) is 7.49. The fourth-order valence-corrected chi connectivity index (χ4v) is 6.07. The first kappa shape index (κ1) is 24.5. The van der Waals surface area contributed by atoms with Crippen molar-refractivity contribution in [2.24, 2.45) is 5.73 Å². The van der Waals surface area contributed by atoms with E-state index in [1.165, 1.54) is 47.7 Å². The first-order valence-corrected chi connectivity index (χ1v) is 13.5. The molecule has 0 spiro atoms. The second-order valence-electron chi connectivity index (χ2n) is 9.13. The van der Waals surface area contributed by atoms with E-state index in [-0.39, 0.29) is 0 Å². The largest absolute Gasteiger partial charge is 0.398 e. The van der Waals surface area contributed by atoms with Gasteiger partial charge < -0.3 is 5.73 Å². The maximum atomic E-state index is 6.37. The highest BCUT2D eigenvalue weighted by Crippen LogP contribution is 2.33. The van der Waals surface area contributed by atoms with Gasteiger partial charge in [-0.3, -0.25) is 0 Å². The summed E-state index contributed by atoms with van der Waals surface area (Å²) in [6.45, 7) is 6.07. The highest BCUT2D eigenvalue weighted by atomic mass is 32.1. The number of rotatable bonds is 7. The number of allylic oxidation sites excluding steroid dienone is 2. The lowest BCUT2D eigenvalue weighted by molar-refractivity contribution is 1.21. The topological polar surface area (TPSA) is 26.0 Å². The van der Waals surface area contributed by atoms with Gasteiger partial charge >= 0.3 is 0 Å². The summed E-state index contributed by atoms with van der Waals surface area (Å²) in [4.78, 5) is 0. The highest BCUT2D eigenvalue weighted by molar-refractivity contribution is 7.17. The summed E-state index contributed by atoms with van der Waals surface area (Å²) < 4.78 is 2.64. The Morgan fingerprint density at radius 3 is 2.32 bits per heavy atom. The van der Waals surface area contributed by atoms with E-state index >= 15 is 0 Å². The van der Waals surface area contributed by atoms with Gasteiger partial charge in [0.15, 0.2) is 0 Å². The van der Waals surface area contributed by atoms with Crippen molar-refractivity contribution in [3.63, 3.8) is 0 Å². The molecule has 1 heterocycles. The summed E-state index contributed by atoms with van der Waals surface area (Å²) >= 11 is 1.87. The van der Waals surface area contributed by atoms with Crippen LogP contribution in [0.25, 0.3) is 39.1 Å². The molecule has 0 saturated heterocycles. The molecule has 5 rings (SSSR count). The van der Waals surface area contributed by atoms with Gasteiger partial charge in [0.2, 0.25) is 0 Å². The standard InChI is InChI=1S/C35H31NS/c1-3-12-30-31-21-20-29(32(35(31)37-34(30)4-2)24-25-13-7-5-8-14-25)28-18-11-15-26(23-28)19-22-33(36)27-16-9-6-10-17-27/h3-18,20-23H,1,19,24,36H2,2H3/b30-12-,33-22-,34-4+. The van der Waals surface area contributed by atoms with Crippen LogP contribution in [0.5, 0.6) is 0 Å². The normalized spacial score (nSPS) is 12.8. The zero-order valence-corrected chi connectivity index (χ0v) is 22.0. The van der Waals surface area contributed by atoms with Gasteiger partial charge in [-0.2, -0.15) is 0 Å². The Bertz CT molecular complexity index is 1690. The summed E-state index contributed by atoms with van der Waals surface area (Å²) in [6.07, 6.45) is 10.0.